The molecular weight excluding hydrogens is 605 g/mol. The Hall–Kier alpha value is -0.180. The second kappa shape index (κ2) is 8.31. The Morgan fingerprint density at radius 1 is 1.05 bits per heavy atom. The number of carboxylic acids is 1. The van der Waals surface area contributed by atoms with Crippen molar-refractivity contribution in [1.82, 2.24) is 10.6 Å². The van der Waals surface area contributed by atoms with Crippen molar-refractivity contribution in [3.8, 4) is 0 Å². The third-order valence-electron chi connectivity index (χ3n) is 2.08. The fraction of sp³-hybridized carbons (Fsp3) is 0.182. The SMILES string of the molecule is O=C(O)CNC(=O)CNC(=O)c1cc(I)cc(I)c1I. The molecule has 1 aromatic rings. The molecule has 20 heavy (non-hydrogen) atoms. The molecule has 2 amide bonds. The Bertz CT molecular complexity index is 563. The summed E-state index contributed by atoms with van der Waals surface area (Å²) in [5, 5.41) is 13.0. The van der Waals surface area contributed by atoms with Crippen LogP contribution in [0.5, 0.6) is 0 Å². The zero-order valence-corrected chi connectivity index (χ0v) is 16.3. The molecule has 0 radical (unpaired) electrons. The number of nitrogens with one attached hydrogen (secondary N) is 2. The van der Waals surface area contributed by atoms with Crippen LogP contribution in [0.3, 0.4) is 0 Å². The van der Waals surface area contributed by atoms with Crippen LogP contribution in [0.1, 0.15) is 10.4 Å². The van der Waals surface area contributed by atoms with E-state index in [0.29, 0.717) is 5.56 Å². The van der Waals surface area contributed by atoms with Crippen molar-refractivity contribution in [1.29, 1.82) is 0 Å². The van der Waals surface area contributed by atoms with E-state index in [9.17, 15) is 14.4 Å². The average Bonchev–Trinajstić information content (AvgIpc) is 2.37. The fourth-order valence-electron chi connectivity index (χ4n) is 1.21. The first-order valence-corrected chi connectivity index (χ1v) is 8.46. The van der Waals surface area contributed by atoms with Gasteiger partial charge in [0.15, 0.2) is 0 Å². The summed E-state index contributed by atoms with van der Waals surface area (Å²) in [6.07, 6.45) is 0. The predicted molar refractivity (Wildman–Crippen MR) is 97.6 cm³/mol. The van der Waals surface area contributed by atoms with Gasteiger partial charge in [0.1, 0.15) is 6.54 Å². The van der Waals surface area contributed by atoms with E-state index in [0.717, 1.165) is 10.7 Å². The number of hydrogen-bond donors (Lipinski definition) is 3. The minimum Gasteiger partial charge on any atom is -0.480 e. The summed E-state index contributed by atoms with van der Waals surface area (Å²) in [6.45, 7) is -0.725. The highest BCUT2D eigenvalue weighted by atomic mass is 127. The zero-order valence-electron chi connectivity index (χ0n) is 9.87. The molecule has 3 N–H and O–H groups in total. The lowest BCUT2D eigenvalue weighted by Gasteiger charge is -2.09. The second-order valence-corrected chi connectivity index (χ2v) is 7.09. The Kier molecular flexibility index (Phi) is 7.42. The van der Waals surface area contributed by atoms with Crippen molar-refractivity contribution in [3.63, 3.8) is 0 Å². The summed E-state index contributed by atoms with van der Waals surface area (Å²) in [4.78, 5) is 33.6. The molecule has 0 aliphatic heterocycles. The van der Waals surface area contributed by atoms with Crippen LogP contribution >= 0.6 is 67.8 Å². The van der Waals surface area contributed by atoms with Crippen LogP contribution in [0, 0.1) is 10.7 Å². The molecule has 0 spiro atoms. The van der Waals surface area contributed by atoms with Crippen LogP contribution in [-0.2, 0) is 9.59 Å². The maximum atomic E-state index is 12.0. The van der Waals surface area contributed by atoms with E-state index >= 15 is 0 Å². The molecule has 0 saturated carbocycles. The first-order valence-electron chi connectivity index (χ1n) is 5.22. The summed E-state index contributed by atoms with van der Waals surface area (Å²) < 4.78 is 2.69. The van der Waals surface area contributed by atoms with E-state index in [1.165, 1.54) is 0 Å². The normalized spacial score (nSPS) is 9.95. The van der Waals surface area contributed by atoms with Gasteiger partial charge in [-0.15, -0.1) is 0 Å². The molecule has 0 aliphatic carbocycles. The van der Waals surface area contributed by atoms with Gasteiger partial charge in [-0.05, 0) is 79.9 Å². The molecule has 0 saturated heterocycles. The molecule has 0 fully saturated rings. The minimum atomic E-state index is -1.13. The number of carboxylic acid groups (broad SMARTS) is 1. The van der Waals surface area contributed by atoms with Crippen LogP contribution in [0.4, 0.5) is 0 Å². The third kappa shape index (κ3) is 5.67. The number of carbonyl (C=O) groups excluding carboxylic acids is 2. The smallest absolute Gasteiger partial charge is 0.322 e. The number of aliphatic carboxylic acids is 1. The van der Waals surface area contributed by atoms with Crippen molar-refractivity contribution in [2.75, 3.05) is 13.1 Å². The molecule has 1 aromatic carbocycles. The largest absolute Gasteiger partial charge is 0.480 e. The topological polar surface area (TPSA) is 95.5 Å². The highest BCUT2D eigenvalue weighted by Gasteiger charge is 2.14. The van der Waals surface area contributed by atoms with E-state index in [4.69, 9.17) is 5.11 Å². The molecule has 0 heterocycles. The number of halogens is 3. The molecule has 0 unspecified atom stereocenters. The maximum Gasteiger partial charge on any atom is 0.322 e. The molecule has 108 valence electrons. The summed E-state index contributed by atoms with van der Waals surface area (Å²) in [7, 11) is 0. The Labute approximate surface area is 155 Å². The lowest BCUT2D eigenvalue weighted by molar-refractivity contribution is -0.137. The van der Waals surface area contributed by atoms with Crippen molar-refractivity contribution in [2.45, 2.75) is 0 Å². The first-order chi connectivity index (χ1) is 9.31. The number of benzene rings is 1. The molecule has 9 heteroatoms. The summed E-state index contributed by atoms with van der Waals surface area (Å²) in [6, 6.07) is 3.67. The monoisotopic (exact) mass is 614 g/mol. The van der Waals surface area contributed by atoms with Gasteiger partial charge < -0.3 is 15.7 Å². The number of hydrogen-bond acceptors (Lipinski definition) is 3. The maximum absolute atomic E-state index is 12.0. The molecule has 0 bridgehead atoms. The summed E-state index contributed by atoms with van der Waals surface area (Å²) in [5.74, 6) is -2.04. The number of carbonyl (C=O) groups is 3. The predicted octanol–water partition coefficient (Wildman–Crippen LogP) is 1.43. The van der Waals surface area contributed by atoms with E-state index in [-0.39, 0.29) is 12.5 Å². The van der Waals surface area contributed by atoms with Gasteiger partial charge >= 0.3 is 5.97 Å². The summed E-state index contributed by atoms with van der Waals surface area (Å²) in [5.41, 5.74) is 0.493. The minimum absolute atomic E-state index is 0.260. The van der Waals surface area contributed by atoms with Gasteiger partial charge in [-0.2, -0.15) is 0 Å². The quantitative estimate of drug-likeness (QED) is 0.346. The van der Waals surface area contributed by atoms with Crippen LogP contribution in [0.15, 0.2) is 12.1 Å². The fourth-order valence-corrected chi connectivity index (χ4v) is 3.61. The van der Waals surface area contributed by atoms with Gasteiger partial charge in [0, 0.05) is 10.7 Å². The first kappa shape index (κ1) is 17.9. The molecule has 0 aliphatic rings. The average molecular weight is 614 g/mol. The van der Waals surface area contributed by atoms with Crippen molar-refractivity contribution < 1.29 is 19.5 Å². The third-order valence-corrected chi connectivity index (χ3v) is 5.75. The second-order valence-electron chi connectivity index (χ2n) is 3.60. The van der Waals surface area contributed by atoms with Crippen molar-refractivity contribution >= 4 is 85.6 Å². The molecule has 0 aromatic heterocycles. The Morgan fingerprint density at radius 2 is 1.70 bits per heavy atom. The Balaban J connectivity index is 2.64. The van der Waals surface area contributed by atoms with Crippen LogP contribution in [0.2, 0.25) is 0 Å². The van der Waals surface area contributed by atoms with E-state index in [1.807, 2.05) is 6.07 Å². The zero-order chi connectivity index (χ0) is 15.3. The van der Waals surface area contributed by atoms with E-state index in [1.54, 1.807) is 6.07 Å². The lowest BCUT2D eigenvalue weighted by Crippen LogP contribution is -2.39. The highest BCUT2D eigenvalue weighted by Crippen LogP contribution is 2.22. The summed E-state index contributed by atoms with van der Waals surface area (Å²) >= 11 is 6.31. The van der Waals surface area contributed by atoms with Gasteiger partial charge in [0.25, 0.3) is 5.91 Å². The molecular formula is C11H9I3N2O4. The highest BCUT2D eigenvalue weighted by molar-refractivity contribution is 14.1. The van der Waals surface area contributed by atoms with Crippen molar-refractivity contribution in [3.05, 3.63) is 28.4 Å². The van der Waals surface area contributed by atoms with Gasteiger partial charge in [-0.1, -0.05) is 0 Å². The standard InChI is InChI=1S/C11H9I3N2O4/c12-5-1-6(10(14)7(13)2-5)11(20)16-3-8(17)15-4-9(18)19/h1-2H,3-4H2,(H,15,17)(H,16,20)(H,18,19). The number of rotatable bonds is 5. The van der Waals surface area contributed by atoms with E-state index < -0.39 is 18.4 Å². The van der Waals surface area contributed by atoms with Gasteiger partial charge in [-0.3, -0.25) is 14.4 Å². The molecule has 6 nitrogen and oxygen atoms in total. The van der Waals surface area contributed by atoms with Crippen molar-refractivity contribution in [2.24, 2.45) is 0 Å². The molecule has 0 atom stereocenters. The lowest BCUT2D eigenvalue weighted by atomic mass is 10.2. The van der Waals surface area contributed by atoms with Gasteiger partial charge in [0.05, 0.1) is 12.1 Å². The van der Waals surface area contributed by atoms with Gasteiger partial charge in [-0.25, -0.2) is 0 Å². The van der Waals surface area contributed by atoms with Crippen LogP contribution in [0.25, 0.3) is 0 Å². The van der Waals surface area contributed by atoms with Crippen LogP contribution < -0.4 is 10.6 Å². The molecule has 1 rings (SSSR count). The van der Waals surface area contributed by atoms with Crippen LogP contribution in [-0.4, -0.2) is 36.0 Å². The van der Waals surface area contributed by atoms with Gasteiger partial charge in [0.2, 0.25) is 5.91 Å². The number of amides is 2. The van der Waals surface area contributed by atoms with E-state index in [2.05, 4.69) is 78.4 Å². The Morgan fingerprint density at radius 3 is 2.30 bits per heavy atom.